The van der Waals surface area contributed by atoms with Crippen LogP contribution in [0.4, 0.5) is 5.69 Å². The third-order valence-electron chi connectivity index (χ3n) is 2.41. The molecule has 2 rings (SSSR count). The number of benzene rings is 1. The summed E-state index contributed by atoms with van der Waals surface area (Å²) in [6.07, 6.45) is 0.847. The molecule has 0 aliphatic heterocycles. The lowest BCUT2D eigenvalue weighted by Crippen LogP contribution is -1.96. The molecule has 6 heteroatoms. The minimum atomic E-state index is 0.532. The van der Waals surface area contributed by atoms with Gasteiger partial charge in [-0.05, 0) is 40.0 Å². The highest BCUT2D eigenvalue weighted by atomic mass is 79.9. The van der Waals surface area contributed by atoms with Crippen molar-refractivity contribution in [1.82, 2.24) is 10.1 Å². The average Bonchev–Trinajstić information content (AvgIpc) is 2.74. The fraction of sp³-hybridized carbons (Fsp3) is 0.385. The molecule has 1 aromatic carbocycles. The van der Waals surface area contributed by atoms with Crippen LogP contribution in [-0.4, -0.2) is 10.1 Å². The van der Waals surface area contributed by atoms with Gasteiger partial charge in [0.25, 0.3) is 0 Å². The van der Waals surface area contributed by atoms with Gasteiger partial charge in [-0.2, -0.15) is 4.98 Å². The SMILES string of the molecule is CC(C)Cc1noc(CSc2ccc(N)cc2Br)n1. The van der Waals surface area contributed by atoms with Crippen molar-refractivity contribution in [3.05, 3.63) is 34.4 Å². The Hall–Kier alpha value is -1.01. The molecule has 102 valence electrons. The van der Waals surface area contributed by atoms with Crippen LogP contribution in [0.25, 0.3) is 0 Å². The quantitative estimate of drug-likeness (QED) is 0.659. The van der Waals surface area contributed by atoms with E-state index < -0.39 is 0 Å². The predicted octanol–water partition coefficient (Wildman–Crippen LogP) is 3.91. The van der Waals surface area contributed by atoms with Crippen molar-refractivity contribution in [2.45, 2.75) is 30.9 Å². The second-order valence-electron chi connectivity index (χ2n) is 4.68. The number of hydrogen-bond donors (Lipinski definition) is 1. The van der Waals surface area contributed by atoms with Gasteiger partial charge in [-0.3, -0.25) is 0 Å². The van der Waals surface area contributed by atoms with Gasteiger partial charge >= 0.3 is 0 Å². The smallest absolute Gasteiger partial charge is 0.237 e. The van der Waals surface area contributed by atoms with E-state index in [-0.39, 0.29) is 0 Å². The molecule has 0 aliphatic carbocycles. The number of halogens is 1. The van der Waals surface area contributed by atoms with E-state index in [2.05, 4.69) is 39.9 Å². The highest BCUT2D eigenvalue weighted by Gasteiger charge is 2.09. The lowest BCUT2D eigenvalue weighted by molar-refractivity contribution is 0.382. The normalized spacial score (nSPS) is 11.2. The van der Waals surface area contributed by atoms with Gasteiger partial charge in [0.05, 0.1) is 5.75 Å². The summed E-state index contributed by atoms with van der Waals surface area (Å²) in [6, 6.07) is 5.75. The molecule has 0 saturated carbocycles. The van der Waals surface area contributed by atoms with Gasteiger partial charge < -0.3 is 10.3 Å². The number of anilines is 1. The lowest BCUT2D eigenvalue weighted by Gasteiger charge is -2.02. The van der Waals surface area contributed by atoms with Crippen LogP contribution < -0.4 is 5.73 Å². The van der Waals surface area contributed by atoms with Crippen molar-refractivity contribution in [3.63, 3.8) is 0 Å². The molecule has 0 unspecified atom stereocenters. The molecule has 2 N–H and O–H groups in total. The topological polar surface area (TPSA) is 64.9 Å². The molecule has 19 heavy (non-hydrogen) atoms. The summed E-state index contributed by atoms with van der Waals surface area (Å²) in [4.78, 5) is 5.48. The molecule has 2 aromatic rings. The van der Waals surface area contributed by atoms with E-state index >= 15 is 0 Å². The Morgan fingerprint density at radius 1 is 1.42 bits per heavy atom. The maximum Gasteiger partial charge on any atom is 0.237 e. The lowest BCUT2D eigenvalue weighted by atomic mass is 10.1. The monoisotopic (exact) mass is 341 g/mol. The molecular weight excluding hydrogens is 326 g/mol. The van der Waals surface area contributed by atoms with E-state index in [0.29, 0.717) is 17.6 Å². The van der Waals surface area contributed by atoms with Gasteiger partial charge in [0.2, 0.25) is 5.89 Å². The predicted molar refractivity (Wildman–Crippen MR) is 81.0 cm³/mol. The van der Waals surface area contributed by atoms with E-state index in [4.69, 9.17) is 10.3 Å². The summed E-state index contributed by atoms with van der Waals surface area (Å²) in [7, 11) is 0. The molecule has 1 aromatic heterocycles. The van der Waals surface area contributed by atoms with Crippen molar-refractivity contribution in [2.24, 2.45) is 5.92 Å². The second-order valence-corrected chi connectivity index (χ2v) is 6.55. The van der Waals surface area contributed by atoms with E-state index in [1.54, 1.807) is 11.8 Å². The Morgan fingerprint density at radius 2 is 2.21 bits per heavy atom. The molecule has 0 saturated heterocycles. The molecule has 0 bridgehead atoms. The first-order chi connectivity index (χ1) is 9.04. The molecule has 0 fully saturated rings. The van der Waals surface area contributed by atoms with Crippen LogP contribution in [-0.2, 0) is 12.2 Å². The van der Waals surface area contributed by atoms with Gasteiger partial charge in [0.1, 0.15) is 0 Å². The summed E-state index contributed by atoms with van der Waals surface area (Å²) in [5.41, 5.74) is 6.45. The Kier molecular flexibility index (Phi) is 4.87. The molecule has 0 atom stereocenters. The van der Waals surface area contributed by atoms with E-state index in [1.165, 1.54) is 0 Å². The van der Waals surface area contributed by atoms with E-state index in [0.717, 1.165) is 27.3 Å². The van der Waals surface area contributed by atoms with Crippen LogP contribution in [0.1, 0.15) is 25.6 Å². The molecule has 1 heterocycles. The number of hydrogen-bond acceptors (Lipinski definition) is 5. The molecule has 0 spiro atoms. The number of aromatic nitrogens is 2. The minimum Gasteiger partial charge on any atom is -0.399 e. The van der Waals surface area contributed by atoms with E-state index in [1.807, 2.05) is 18.2 Å². The largest absolute Gasteiger partial charge is 0.399 e. The van der Waals surface area contributed by atoms with E-state index in [9.17, 15) is 0 Å². The third-order valence-corrected chi connectivity index (χ3v) is 4.38. The Labute approximate surface area is 125 Å². The highest BCUT2D eigenvalue weighted by molar-refractivity contribution is 9.10. The average molecular weight is 342 g/mol. The fourth-order valence-electron chi connectivity index (χ4n) is 1.57. The van der Waals surface area contributed by atoms with Crippen molar-refractivity contribution in [1.29, 1.82) is 0 Å². The van der Waals surface area contributed by atoms with Crippen LogP contribution in [0, 0.1) is 5.92 Å². The van der Waals surface area contributed by atoms with Crippen molar-refractivity contribution in [2.75, 3.05) is 5.73 Å². The summed E-state index contributed by atoms with van der Waals surface area (Å²) in [5.74, 6) is 2.63. The highest BCUT2D eigenvalue weighted by Crippen LogP contribution is 2.31. The van der Waals surface area contributed by atoms with Crippen molar-refractivity contribution in [3.8, 4) is 0 Å². The molecule has 0 aliphatic rings. The van der Waals surface area contributed by atoms with Crippen LogP contribution in [0.15, 0.2) is 32.1 Å². The van der Waals surface area contributed by atoms with Gasteiger partial charge in [-0.25, -0.2) is 0 Å². The summed E-state index contributed by atoms with van der Waals surface area (Å²) in [5, 5.41) is 3.97. The number of thioether (sulfide) groups is 1. The standard InChI is InChI=1S/C13H16BrN3OS/c1-8(2)5-12-16-13(18-17-12)7-19-11-4-3-9(15)6-10(11)14/h3-4,6,8H,5,7,15H2,1-2H3. The zero-order chi connectivity index (χ0) is 13.8. The first-order valence-corrected chi connectivity index (χ1v) is 7.81. The van der Waals surface area contributed by atoms with Crippen LogP contribution in [0.3, 0.4) is 0 Å². The maximum absolute atomic E-state index is 5.70. The summed E-state index contributed by atoms with van der Waals surface area (Å²) >= 11 is 5.13. The number of nitrogens with two attached hydrogens (primary N) is 1. The fourth-order valence-corrected chi connectivity index (χ4v) is 3.07. The zero-order valence-electron chi connectivity index (χ0n) is 10.9. The van der Waals surface area contributed by atoms with Crippen LogP contribution >= 0.6 is 27.7 Å². The van der Waals surface area contributed by atoms with Crippen molar-refractivity contribution >= 4 is 33.4 Å². The summed E-state index contributed by atoms with van der Waals surface area (Å²) < 4.78 is 6.21. The van der Waals surface area contributed by atoms with Gasteiger partial charge in [0.15, 0.2) is 5.82 Å². The van der Waals surface area contributed by atoms with Crippen LogP contribution in [0.2, 0.25) is 0 Å². The van der Waals surface area contributed by atoms with Crippen molar-refractivity contribution < 1.29 is 4.52 Å². The zero-order valence-corrected chi connectivity index (χ0v) is 13.3. The number of nitrogen functional groups attached to an aromatic ring is 1. The Balaban J connectivity index is 1.96. The summed E-state index contributed by atoms with van der Waals surface area (Å²) in [6.45, 7) is 4.27. The Morgan fingerprint density at radius 3 is 2.89 bits per heavy atom. The van der Waals surface area contributed by atoms with Crippen LogP contribution in [0.5, 0.6) is 0 Å². The minimum absolute atomic E-state index is 0.532. The number of rotatable bonds is 5. The molecule has 0 radical (unpaired) electrons. The first-order valence-electron chi connectivity index (χ1n) is 6.04. The third kappa shape index (κ3) is 4.24. The molecule has 4 nitrogen and oxygen atoms in total. The van der Waals surface area contributed by atoms with Gasteiger partial charge in [-0.1, -0.05) is 19.0 Å². The molecular formula is C13H16BrN3OS. The molecule has 0 amide bonds. The number of nitrogens with zero attached hydrogens (tertiary/aromatic N) is 2. The maximum atomic E-state index is 5.70. The second kappa shape index (κ2) is 6.43. The van der Waals surface area contributed by atoms with Gasteiger partial charge in [0, 0.05) is 21.5 Å². The first kappa shape index (κ1) is 14.4. The Bertz CT molecular complexity index is 557. The van der Waals surface area contributed by atoms with Gasteiger partial charge in [-0.15, -0.1) is 11.8 Å².